The molecule has 2 rings (SSSR count). The Morgan fingerprint density at radius 3 is 2.19 bits per heavy atom. The number of benzene rings is 2. The first-order valence-electron chi connectivity index (χ1n) is 12.0. The third kappa shape index (κ3) is 9.37. The predicted molar refractivity (Wildman–Crippen MR) is 142 cm³/mol. The normalized spacial score (nSPS) is 11.4. The van der Waals surface area contributed by atoms with Gasteiger partial charge in [-0.15, -0.1) is 0 Å². The maximum absolute atomic E-state index is 12.5. The van der Waals surface area contributed by atoms with Crippen LogP contribution >= 0.6 is 0 Å². The molecule has 1 N–H and O–H groups in total. The molecule has 8 nitrogen and oxygen atoms in total. The molecule has 0 saturated heterocycles. The number of carbonyl (C=O) groups excluding carboxylic acids is 2. The van der Waals surface area contributed by atoms with Crippen LogP contribution in [0.2, 0.25) is 0 Å². The minimum atomic E-state index is -0.605. The highest BCUT2D eigenvalue weighted by atomic mass is 16.6. The van der Waals surface area contributed by atoms with Gasteiger partial charge in [0.15, 0.2) is 23.0 Å². The lowest BCUT2D eigenvalue weighted by molar-refractivity contribution is -0.129. The average Bonchev–Trinajstić information content (AvgIpc) is 2.86. The van der Waals surface area contributed by atoms with E-state index in [1.165, 1.54) is 25.3 Å². The van der Waals surface area contributed by atoms with Crippen LogP contribution in [-0.2, 0) is 9.59 Å². The largest absolute Gasteiger partial charge is 0.493 e. The minimum Gasteiger partial charge on any atom is -0.493 e. The van der Waals surface area contributed by atoms with Crippen LogP contribution in [0.15, 0.2) is 48.0 Å². The molecule has 0 unspecified atom stereocenters. The summed E-state index contributed by atoms with van der Waals surface area (Å²) in [5, 5.41) is 12.0. The Hall–Kier alpha value is -4.25. The fourth-order valence-electron chi connectivity index (χ4n) is 3.13. The molecule has 0 aliphatic heterocycles. The fourth-order valence-corrected chi connectivity index (χ4v) is 3.13. The van der Waals surface area contributed by atoms with Crippen LogP contribution in [0.25, 0.3) is 12.2 Å². The summed E-state index contributed by atoms with van der Waals surface area (Å²) in [4.78, 5) is 24.6. The maximum atomic E-state index is 12.5. The molecule has 0 aliphatic carbocycles. The summed E-state index contributed by atoms with van der Waals surface area (Å²) < 4.78 is 22.0. The molecule has 0 spiro atoms. The summed E-state index contributed by atoms with van der Waals surface area (Å²) in [6.45, 7) is 8.47. The van der Waals surface area contributed by atoms with E-state index in [1.807, 2.05) is 26.0 Å². The predicted octanol–water partition coefficient (Wildman–Crippen LogP) is 5.18. The van der Waals surface area contributed by atoms with Gasteiger partial charge in [-0.3, -0.25) is 4.79 Å². The number of esters is 1. The van der Waals surface area contributed by atoms with Crippen LogP contribution in [0.5, 0.6) is 23.0 Å². The van der Waals surface area contributed by atoms with E-state index in [1.54, 1.807) is 37.5 Å². The Morgan fingerprint density at radius 1 is 0.946 bits per heavy atom. The summed E-state index contributed by atoms with van der Waals surface area (Å²) in [6, 6.07) is 11.9. The van der Waals surface area contributed by atoms with E-state index >= 15 is 0 Å². The molecule has 37 heavy (non-hydrogen) atoms. The first kappa shape index (κ1) is 29.0. The number of ether oxygens (including phenoxy) is 4. The van der Waals surface area contributed by atoms with Crippen molar-refractivity contribution in [3.8, 4) is 29.1 Å². The molecule has 0 fully saturated rings. The number of hydrogen-bond donors (Lipinski definition) is 1. The van der Waals surface area contributed by atoms with E-state index in [2.05, 4.69) is 19.2 Å². The van der Waals surface area contributed by atoms with Crippen molar-refractivity contribution in [2.45, 2.75) is 40.2 Å². The third-order valence-electron chi connectivity index (χ3n) is 5.05. The number of hydrogen-bond acceptors (Lipinski definition) is 7. The van der Waals surface area contributed by atoms with Crippen molar-refractivity contribution in [2.24, 2.45) is 5.92 Å². The van der Waals surface area contributed by atoms with Crippen molar-refractivity contribution < 1.29 is 28.5 Å². The minimum absolute atomic E-state index is 0.0461. The van der Waals surface area contributed by atoms with Crippen molar-refractivity contribution >= 4 is 24.0 Å². The molecule has 2 aromatic rings. The molecule has 1 amide bonds. The van der Waals surface area contributed by atoms with Gasteiger partial charge >= 0.3 is 5.97 Å². The van der Waals surface area contributed by atoms with E-state index in [0.717, 1.165) is 12.0 Å². The monoisotopic (exact) mass is 506 g/mol. The van der Waals surface area contributed by atoms with Gasteiger partial charge in [-0.1, -0.05) is 26.0 Å². The summed E-state index contributed by atoms with van der Waals surface area (Å²) in [5.74, 6) is 1.16. The van der Waals surface area contributed by atoms with Crippen molar-refractivity contribution in [1.29, 1.82) is 5.26 Å². The second kappa shape index (κ2) is 14.3. The third-order valence-corrected chi connectivity index (χ3v) is 5.05. The van der Waals surface area contributed by atoms with Gasteiger partial charge in [0.1, 0.15) is 11.6 Å². The smallest absolute Gasteiger partial charge is 0.336 e. The zero-order valence-electron chi connectivity index (χ0n) is 22.2. The molecule has 0 radical (unpaired) electrons. The maximum Gasteiger partial charge on any atom is 0.336 e. The number of nitrogens with one attached hydrogen (secondary N) is 1. The Bertz CT molecular complexity index is 1190. The van der Waals surface area contributed by atoms with Gasteiger partial charge in [-0.05, 0) is 73.7 Å². The summed E-state index contributed by atoms with van der Waals surface area (Å²) in [6.07, 6.45) is 5.28. The van der Waals surface area contributed by atoms with Crippen LogP contribution in [0, 0.1) is 17.2 Å². The van der Waals surface area contributed by atoms with E-state index in [4.69, 9.17) is 18.9 Å². The van der Waals surface area contributed by atoms with Crippen LogP contribution in [0.1, 0.15) is 45.2 Å². The van der Waals surface area contributed by atoms with Crippen molar-refractivity contribution in [3.63, 3.8) is 0 Å². The quantitative estimate of drug-likeness (QED) is 0.183. The van der Waals surface area contributed by atoms with Gasteiger partial charge in [0.05, 0.1) is 20.8 Å². The molecule has 0 aliphatic rings. The molecule has 0 atom stereocenters. The van der Waals surface area contributed by atoms with E-state index in [0.29, 0.717) is 29.6 Å². The van der Waals surface area contributed by atoms with Crippen molar-refractivity contribution in [2.75, 3.05) is 20.8 Å². The number of carbonyl (C=O) groups is 2. The molecule has 0 heterocycles. The van der Waals surface area contributed by atoms with Gasteiger partial charge in [0.25, 0.3) is 5.91 Å². The van der Waals surface area contributed by atoms with Gasteiger partial charge in [-0.2, -0.15) is 5.26 Å². The second-order valence-electron chi connectivity index (χ2n) is 8.90. The Kier molecular flexibility index (Phi) is 11.2. The lowest BCUT2D eigenvalue weighted by atomic mass is 10.1. The van der Waals surface area contributed by atoms with Crippen molar-refractivity contribution in [1.82, 2.24) is 5.32 Å². The Morgan fingerprint density at radius 2 is 1.57 bits per heavy atom. The molecule has 0 aromatic heterocycles. The molecular weight excluding hydrogens is 472 g/mol. The second-order valence-corrected chi connectivity index (χ2v) is 8.90. The number of nitriles is 1. The highest BCUT2D eigenvalue weighted by Crippen LogP contribution is 2.30. The number of nitrogens with zero attached hydrogens (tertiary/aromatic N) is 1. The van der Waals surface area contributed by atoms with Gasteiger partial charge in [0, 0.05) is 12.1 Å². The highest BCUT2D eigenvalue weighted by molar-refractivity contribution is 6.01. The lowest BCUT2D eigenvalue weighted by Crippen LogP contribution is -2.30. The Balaban J connectivity index is 2.11. The molecule has 0 saturated carbocycles. The lowest BCUT2D eigenvalue weighted by Gasteiger charge is -2.12. The zero-order chi connectivity index (χ0) is 27.4. The summed E-state index contributed by atoms with van der Waals surface area (Å²) in [5.41, 5.74) is 1.24. The topological polar surface area (TPSA) is 107 Å². The standard InChI is InChI=1S/C29H34N2O6/c1-19(2)13-14-36-24-10-7-21(16-26(24)34-5)9-12-28(32)37-25-11-8-22(17-27(25)35-6)15-23(18-30)29(33)31-20(3)4/h7-12,15-17,19-20H,13-14H2,1-6H3,(H,31,33)/b12-9+,23-15+. The van der Waals surface area contributed by atoms with E-state index in [-0.39, 0.29) is 23.1 Å². The van der Waals surface area contributed by atoms with E-state index in [9.17, 15) is 14.9 Å². The van der Waals surface area contributed by atoms with Gasteiger partial charge in [0.2, 0.25) is 0 Å². The first-order valence-corrected chi connectivity index (χ1v) is 12.0. The highest BCUT2D eigenvalue weighted by Gasteiger charge is 2.13. The van der Waals surface area contributed by atoms with Gasteiger partial charge in [-0.25, -0.2) is 4.79 Å². The molecule has 0 bridgehead atoms. The van der Waals surface area contributed by atoms with Crippen LogP contribution in [0.4, 0.5) is 0 Å². The average molecular weight is 507 g/mol. The van der Waals surface area contributed by atoms with E-state index < -0.39 is 11.9 Å². The van der Waals surface area contributed by atoms with Crippen LogP contribution in [-0.4, -0.2) is 38.7 Å². The number of rotatable bonds is 12. The van der Waals surface area contributed by atoms with Crippen molar-refractivity contribution in [3.05, 3.63) is 59.2 Å². The summed E-state index contributed by atoms with van der Waals surface area (Å²) in [7, 11) is 3.00. The molecular formula is C29H34N2O6. The zero-order valence-corrected chi connectivity index (χ0v) is 22.2. The number of amides is 1. The molecule has 8 heteroatoms. The van der Waals surface area contributed by atoms with Crippen LogP contribution in [0.3, 0.4) is 0 Å². The molecule has 2 aromatic carbocycles. The first-order chi connectivity index (χ1) is 17.7. The SMILES string of the molecule is COc1cc(/C=C/C(=O)Oc2ccc(/C=C(\C#N)C(=O)NC(C)C)cc2OC)ccc1OCCC(C)C. The number of methoxy groups -OCH3 is 2. The Labute approximate surface area is 218 Å². The fraction of sp³-hybridized carbons (Fsp3) is 0.345. The van der Waals surface area contributed by atoms with Gasteiger partial charge < -0.3 is 24.3 Å². The summed E-state index contributed by atoms with van der Waals surface area (Å²) >= 11 is 0. The van der Waals surface area contributed by atoms with Crippen LogP contribution < -0.4 is 24.3 Å². The molecule has 196 valence electrons.